The van der Waals surface area contributed by atoms with Crippen molar-refractivity contribution in [3.63, 3.8) is 0 Å². The molecule has 0 saturated heterocycles. The van der Waals surface area contributed by atoms with Gasteiger partial charge in [-0.1, -0.05) is 48.9 Å². The Bertz CT molecular complexity index is 712. The van der Waals surface area contributed by atoms with Crippen LogP contribution in [0.5, 0.6) is 0 Å². The molecule has 0 unspecified atom stereocenters. The molecule has 1 aromatic carbocycles. The zero-order valence-corrected chi connectivity index (χ0v) is 15.6. The summed E-state index contributed by atoms with van der Waals surface area (Å²) in [5.74, 6) is 0.119. The maximum atomic E-state index is 12.5. The van der Waals surface area contributed by atoms with Crippen molar-refractivity contribution in [2.75, 3.05) is 18.4 Å². The van der Waals surface area contributed by atoms with Gasteiger partial charge in [-0.3, -0.25) is 9.59 Å². The number of aromatic nitrogens is 1. The van der Waals surface area contributed by atoms with Crippen LogP contribution in [0.25, 0.3) is 0 Å². The van der Waals surface area contributed by atoms with Crippen molar-refractivity contribution in [3.05, 3.63) is 46.5 Å². The van der Waals surface area contributed by atoms with Crippen molar-refractivity contribution >= 4 is 28.2 Å². The molecule has 25 heavy (non-hydrogen) atoms. The summed E-state index contributed by atoms with van der Waals surface area (Å²) in [5, 5.41) is 6.84. The Morgan fingerprint density at radius 2 is 1.96 bits per heavy atom. The van der Waals surface area contributed by atoms with E-state index in [0.717, 1.165) is 30.0 Å². The first-order valence-corrected chi connectivity index (χ1v) is 9.50. The minimum Gasteiger partial charge on any atom is -0.361 e. The number of hydrogen-bond donors (Lipinski definition) is 2. The molecule has 1 amide bonds. The third-order valence-electron chi connectivity index (χ3n) is 3.83. The minimum atomic E-state index is 0.00633. The molecule has 0 bridgehead atoms. The molecule has 1 aromatic heterocycles. The molecule has 0 spiro atoms. The van der Waals surface area contributed by atoms with Crippen LogP contribution in [0.4, 0.5) is 5.13 Å². The quantitative estimate of drug-likeness (QED) is 0.500. The van der Waals surface area contributed by atoms with Gasteiger partial charge in [-0.05, 0) is 25.3 Å². The van der Waals surface area contributed by atoms with E-state index in [1.165, 1.54) is 11.3 Å². The molecule has 1 heterocycles. The molecular weight excluding hydrogens is 334 g/mol. The summed E-state index contributed by atoms with van der Waals surface area (Å²) < 4.78 is 0. The van der Waals surface area contributed by atoms with Crippen LogP contribution in [0.1, 0.15) is 53.4 Å². The zero-order chi connectivity index (χ0) is 18.1. The Labute approximate surface area is 152 Å². The van der Waals surface area contributed by atoms with Crippen molar-refractivity contribution < 1.29 is 9.59 Å². The Balaban J connectivity index is 1.75. The third-order valence-corrected chi connectivity index (χ3v) is 4.78. The normalized spacial score (nSPS) is 10.5. The van der Waals surface area contributed by atoms with Gasteiger partial charge in [0.2, 0.25) is 11.7 Å². The number of carbonyl (C=O) groups is 2. The van der Waals surface area contributed by atoms with E-state index in [9.17, 15) is 9.59 Å². The van der Waals surface area contributed by atoms with Gasteiger partial charge in [0, 0.05) is 25.1 Å². The number of nitrogens with one attached hydrogen (secondary N) is 2. The molecule has 0 fully saturated rings. The van der Waals surface area contributed by atoms with Crippen LogP contribution in [-0.4, -0.2) is 29.8 Å². The van der Waals surface area contributed by atoms with E-state index < -0.39 is 0 Å². The summed E-state index contributed by atoms with van der Waals surface area (Å²) in [6.07, 6.45) is 5.00. The van der Waals surface area contributed by atoms with E-state index in [4.69, 9.17) is 0 Å². The first-order valence-electron chi connectivity index (χ1n) is 8.68. The van der Waals surface area contributed by atoms with Crippen molar-refractivity contribution in [1.82, 2.24) is 10.3 Å². The Morgan fingerprint density at radius 3 is 2.72 bits per heavy atom. The van der Waals surface area contributed by atoms with Gasteiger partial charge >= 0.3 is 0 Å². The average Bonchev–Trinajstić information content (AvgIpc) is 3.08. The fraction of sp³-hybridized carbons (Fsp3) is 0.421. The predicted octanol–water partition coefficient (Wildman–Crippen LogP) is 3.79. The number of nitrogens with zero attached hydrogens (tertiary/aromatic N) is 1. The van der Waals surface area contributed by atoms with Crippen molar-refractivity contribution in [2.45, 2.75) is 39.5 Å². The van der Waals surface area contributed by atoms with Gasteiger partial charge in [-0.15, -0.1) is 0 Å². The van der Waals surface area contributed by atoms with Crippen molar-refractivity contribution in [3.8, 4) is 0 Å². The SMILES string of the molecule is CCCCC(=O)NCCCNc1ncc(C(=O)c2ccccc2C)s1. The van der Waals surface area contributed by atoms with Crippen molar-refractivity contribution in [1.29, 1.82) is 0 Å². The van der Waals surface area contributed by atoms with E-state index in [1.807, 2.05) is 31.2 Å². The molecule has 134 valence electrons. The molecule has 0 radical (unpaired) electrons. The predicted molar refractivity (Wildman–Crippen MR) is 102 cm³/mol. The van der Waals surface area contributed by atoms with Gasteiger partial charge in [-0.2, -0.15) is 0 Å². The second-order valence-electron chi connectivity index (χ2n) is 5.91. The summed E-state index contributed by atoms with van der Waals surface area (Å²) in [5.41, 5.74) is 1.68. The second-order valence-corrected chi connectivity index (χ2v) is 6.94. The van der Waals surface area contributed by atoms with E-state index in [2.05, 4.69) is 22.5 Å². The van der Waals surface area contributed by atoms with E-state index >= 15 is 0 Å². The van der Waals surface area contributed by atoms with Crippen LogP contribution in [0, 0.1) is 6.92 Å². The number of amides is 1. The summed E-state index contributed by atoms with van der Waals surface area (Å²) in [6, 6.07) is 7.57. The lowest BCUT2D eigenvalue weighted by atomic mass is 10.0. The summed E-state index contributed by atoms with van der Waals surface area (Å²) >= 11 is 1.36. The Hall–Kier alpha value is -2.21. The molecule has 2 aromatic rings. The molecule has 0 aliphatic heterocycles. The largest absolute Gasteiger partial charge is 0.361 e. The second kappa shape index (κ2) is 9.93. The maximum absolute atomic E-state index is 12.5. The number of aryl methyl sites for hydroxylation is 1. The molecule has 5 nitrogen and oxygen atoms in total. The number of hydrogen-bond acceptors (Lipinski definition) is 5. The van der Waals surface area contributed by atoms with E-state index in [-0.39, 0.29) is 11.7 Å². The Kier molecular flexibility index (Phi) is 7.60. The number of rotatable bonds is 10. The number of ketones is 1. The molecule has 2 rings (SSSR count). The molecule has 0 atom stereocenters. The molecule has 0 aliphatic carbocycles. The number of carbonyl (C=O) groups excluding carboxylic acids is 2. The topological polar surface area (TPSA) is 71.1 Å². The van der Waals surface area contributed by atoms with Crippen LogP contribution in [0.15, 0.2) is 30.5 Å². The lowest BCUT2D eigenvalue weighted by molar-refractivity contribution is -0.121. The van der Waals surface area contributed by atoms with Gasteiger partial charge < -0.3 is 10.6 Å². The van der Waals surface area contributed by atoms with Gasteiger partial charge in [0.15, 0.2) is 5.13 Å². The van der Waals surface area contributed by atoms with Gasteiger partial charge in [-0.25, -0.2) is 4.98 Å². The lowest BCUT2D eigenvalue weighted by Gasteiger charge is -2.05. The summed E-state index contributed by atoms with van der Waals surface area (Å²) in [4.78, 5) is 28.9. The fourth-order valence-corrected chi connectivity index (χ4v) is 3.15. The highest BCUT2D eigenvalue weighted by molar-refractivity contribution is 7.17. The fourth-order valence-electron chi connectivity index (χ4n) is 2.36. The number of thiazole rings is 1. The molecule has 0 saturated carbocycles. The highest BCUT2D eigenvalue weighted by Gasteiger charge is 2.14. The minimum absolute atomic E-state index is 0.00633. The zero-order valence-electron chi connectivity index (χ0n) is 14.8. The third kappa shape index (κ3) is 5.98. The monoisotopic (exact) mass is 359 g/mol. The highest BCUT2D eigenvalue weighted by Crippen LogP contribution is 2.22. The lowest BCUT2D eigenvalue weighted by Crippen LogP contribution is -2.25. The summed E-state index contributed by atoms with van der Waals surface area (Å²) in [6.45, 7) is 5.36. The van der Waals surface area contributed by atoms with Crippen LogP contribution in [-0.2, 0) is 4.79 Å². The number of benzene rings is 1. The van der Waals surface area contributed by atoms with Gasteiger partial charge in [0.05, 0.1) is 11.1 Å². The van der Waals surface area contributed by atoms with Crippen molar-refractivity contribution in [2.24, 2.45) is 0 Å². The Morgan fingerprint density at radius 1 is 1.16 bits per heavy atom. The first kappa shape index (κ1) is 19.1. The van der Waals surface area contributed by atoms with Crippen LogP contribution in [0.2, 0.25) is 0 Å². The van der Waals surface area contributed by atoms with Crippen LogP contribution < -0.4 is 10.6 Å². The number of unbranched alkanes of at least 4 members (excludes halogenated alkanes) is 1. The molecule has 2 N–H and O–H groups in total. The maximum Gasteiger partial charge on any atom is 0.219 e. The van der Waals surface area contributed by atoms with Crippen LogP contribution in [0.3, 0.4) is 0 Å². The highest BCUT2D eigenvalue weighted by atomic mass is 32.1. The standard InChI is InChI=1S/C19H25N3O2S/c1-3-4-10-17(23)20-11-7-12-21-19-22-13-16(25-19)18(24)15-9-6-5-8-14(15)2/h5-6,8-9,13H,3-4,7,10-12H2,1-2H3,(H,20,23)(H,21,22). The van der Waals surface area contributed by atoms with E-state index in [1.54, 1.807) is 6.20 Å². The van der Waals surface area contributed by atoms with Crippen LogP contribution >= 0.6 is 11.3 Å². The van der Waals surface area contributed by atoms with Gasteiger partial charge in [0.1, 0.15) is 0 Å². The first-order chi connectivity index (χ1) is 12.1. The van der Waals surface area contributed by atoms with E-state index in [0.29, 0.717) is 30.0 Å². The summed E-state index contributed by atoms with van der Waals surface area (Å²) in [7, 11) is 0. The molecular formula is C19H25N3O2S. The smallest absolute Gasteiger partial charge is 0.219 e. The molecule has 0 aliphatic rings. The molecule has 6 heteroatoms. The van der Waals surface area contributed by atoms with Gasteiger partial charge in [0.25, 0.3) is 0 Å². The number of anilines is 1. The average molecular weight is 359 g/mol.